The summed E-state index contributed by atoms with van der Waals surface area (Å²) in [7, 11) is 0. The molecule has 8 aliphatic rings. The van der Waals surface area contributed by atoms with Gasteiger partial charge in [0.15, 0.2) is 0 Å². The second-order valence-electron chi connectivity index (χ2n) is 27.5. The number of hydrogen-bond donors (Lipinski definition) is 0. The Morgan fingerprint density at radius 1 is 0.226 bits per heavy atom. The van der Waals surface area contributed by atoms with Gasteiger partial charge in [0.2, 0.25) is 0 Å². The quantitative estimate of drug-likeness (QED) is 0.113. The van der Waals surface area contributed by atoms with E-state index in [9.17, 15) is 0 Å². The fraction of sp³-hybridized carbons (Fsp3) is 0.238. The molecule has 0 N–H and O–H groups in total. The average molecular weight is 1080 g/mol. The number of terminal acetylenes is 2. The molecule has 8 bridgehead atoms. The second-order valence-corrected chi connectivity index (χ2v) is 27.5. The molecule has 0 heteroatoms. The molecule has 4 unspecified atom stereocenters. The van der Waals surface area contributed by atoms with Crippen LogP contribution in [-0.2, 0) is 32.5 Å². The molecule has 0 aromatic heterocycles. The van der Waals surface area contributed by atoms with Crippen LogP contribution in [0.3, 0.4) is 0 Å². The van der Waals surface area contributed by atoms with Gasteiger partial charge in [0.1, 0.15) is 0 Å². The van der Waals surface area contributed by atoms with E-state index in [1.54, 1.807) is 0 Å². The minimum atomic E-state index is -0.287. The van der Waals surface area contributed by atoms with Gasteiger partial charge in [0.25, 0.3) is 0 Å². The molecule has 8 saturated carbocycles. The van der Waals surface area contributed by atoms with Crippen LogP contribution in [0.15, 0.2) is 267 Å². The van der Waals surface area contributed by atoms with Gasteiger partial charge in [-0.1, -0.05) is 254 Å². The van der Waals surface area contributed by atoms with Crippen LogP contribution >= 0.6 is 0 Å². The maximum Gasteiger partial charge on any atom is 0.0359 e. The van der Waals surface area contributed by atoms with Gasteiger partial charge in [-0.05, 0) is 223 Å². The van der Waals surface area contributed by atoms with Crippen LogP contribution in [0.5, 0.6) is 0 Å². The van der Waals surface area contributed by atoms with Gasteiger partial charge in [-0.3, -0.25) is 0 Å². The topological polar surface area (TPSA) is 0 Å². The van der Waals surface area contributed by atoms with Crippen molar-refractivity contribution in [2.45, 2.75) is 110 Å². The standard InChI is InChI=1S/C84H70/c1-3-71-73(63-33-17-7-18-34-63)45-65(61-29-13-5-14-30-61)47-75(71)81-51-77(67-37-21-9-22-38-67)49-78(52-81,68-39-23-10-24-40-68)56-83(55-77,59-81)84-57-79(69-41-25-11-26-42-69)50-80(58-84,70-43-27-12-28-44-70)54-82(53-79,60-84)76-48-66(62-31-15-6-16-32-62)46-74(72(76)4-2)64-35-19-8-20-36-64/h1-2,5-48H,49-60H2. The Hall–Kier alpha value is -8.68. The van der Waals surface area contributed by atoms with Crippen molar-refractivity contribution >= 4 is 0 Å². The van der Waals surface area contributed by atoms with Crippen molar-refractivity contribution in [1.82, 2.24) is 0 Å². The molecule has 0 radical (unpaired) electrons. The minimum Gasteiger partial charge on any atom is -0.115 e. The molecule has 10 aromatic carbocycles. The first-order chi connectivity index (χ1) is 41.2. The van der Waals surface area contributed by atoms with E-state index in [4.69, 9.17) is 12.8 Å². The molecule has 0 spiro atoms. The van der Waals surface area contributed by atoms with Crippen molar-refractivity contribution in [3.63, 3.8) is 0 Å². The smallest absolute Gasteiger partial charge is 0.0359 e. The minimum absolute atomic E-state index is 0.142. The van der Waals surface area contributed by atoms with Gasteiger partial charge < -0.3 is 0 Å². The molecule has 4 atom stereocenters. The Kier molecular flexibility index (Phi) is 11.5. The van der Waals surface area contributed by atoms with Crippen molar-refractivity contribution in [2.75, 3.05) is 0 Å². The van der Waals surface area contributed by atoms with E-state index >= 15 is 0 Å². The summed E-state index contributed by atoms with van der Waals surface area (Å²) in [6.45, 7) is 0. The lowest BCUT2D eigenvalue weighted by atomic mass is 9.23. The average Bonchev–Trinajstić information content (AvgIpc) is 0.653. The lowest BCUT2D eigenvalue weighted by molar-refractivity contribution is -0.237. The maximum atomic E-state index is 7.18. The van der Waals surface area contributed by atoms with Crippen LogP contribution in [0.2, 0.25) is 0 Å². The lowest BCUT2D eigenvalue weighted by Gasteiger charge is -2.81. The number of benzene rings is 10. The normalized spacial score (nSPS) is 29.5. The SMILES string of the molecule is C#Cc1c(-c2ccccc2)cc(-c2ccccc2)cc1C12CC3(c4ccccc4)CC(c4ccccc4)(C1)CC(C14CC5(c6ccccc6)CC(c6ccccc6)(CC(c6cc(-c7ccccc7)cc(-c7ccccc7)c6C#C)(C5)C1)C4)(C3)C2. The predicted molar refractivity (Wildman–Crippen MR) is 347 cm³/mol. The van der Waals surface area contributed by atoms with E-state index in [1.807, 2.05) is 0 Å². The van der Waals surface area contributed by atoms with Gasteiger partial charge in [-0.15, -0.1) is 12.8 Å². The van der Waals surface area contributed by atoms with E-state index < -0.39 is 0 Å². The van der Waals surface area contributed by atoms with E-state index in [1.165, 1.54) is 66.8 Å². The van der Waals surface area contributed by atoms with Gasteiger partial charge in [0.05, 0.1) is 0 Å². The first kappa shape index (κ1) is 51.0. The van der Waals surface area contributed by atoms with Crippen LogP contribution in [0.4, 0.5) is 0 Å². The Morgan fingerprint density at radius 2 is 0.452 bits per heavy atom. The van der Waals surface area contributed by atoms with Crippen LogP contribution in [0, 0.1) is 35.5 Å². The van der Waals surface area contributed by atoms with Gasteiger partial charge in [-0.2, -0.15) is 0 Å². The molecule has 8 fully saturated rings. The fourth-order valence-electron chi connectivity index (χ4n) is 21.1. The molecule has 0 heterocycles. The summed E-state index contributed by atoms with van der Waals surface area (Å²) in [5, 5.41) is 0. The van der Waals surface area contributed by atoms with Gasteiger partial charge in [0, 0.05) is 11.1 Å². The van der Waals surface area contributed by atoms with Crippen molar-refractivity contribution in [2.24, 2.45) is 10.8 Å². The van der Waals surface area contributed by atoms with E-state index in [0.717, 1.165) is 99.3 Å². The monoisotopic (exact) mass is 1080 g/mol. The molecule has 0 saturated heterocycles. The third kappa shape index (κ3) is 7.62. The second kappa shape index (κ2) is 18.9. The summed E-state index contributed by atoms with van der Waals surface area (Å²) in [5.74, 6) is 7.07. The maximum absolute atomic E-state index is 7.18. The number of hydrogen-bond acceptors (Lipinski definition) is 0. The fourth-order valence-corrected chi connectivity index (χ4v) is 21.1. The van der Waals surface area contributed by atoms with Crippen molar-refractivity contribution < 1.29 is 0 Å². The van der Waals surface area contributed by atoms with Crippen LogP contribution in [0.1, 0.15) is 122 Å². The molecule has 84 heavy (non-hydrogen) atoms. The van der Waals surface area contributed by atoms with E-state index in [2.05, 4.69) is 279 Å². The molecular weight excluding hydrogens is 1010 g/mol. The lowest BCUT2D eigenvalue weighted by Crippen LogP contribution is -2.75. The highest BCUT2D eigenvalue weighted by Gasteiger charge is 2.79. The molecule has 18 rings (SSSR count). The predicted octanol–water partition coefficient (Wildman–Crippen LogP) is 20.0. The van der Waals surface area contributed by atoms with Crippen LogP contribution in [-0.4, -0.2) is 0 Å². The Balaban J connectivity index is 1.03. The van der Waals surface area contributed by atoms with E-state index in [-0.39, 0.29) is 43.3 Å². The van der Waals surface area contributed by atoms with Crippen LogP contribution < -0.4 is 0 Å². The summed E-state index contributed by atoms with van der Waals surface area (Å²) in [4.78, 5) is 0. The highest BCUT2D eigenvalue weighted by atomic mass is 14.8. The zero-order valence-electron chi connectivity index (χ0n) is 48.0. The summed E-state index contributed by atoms with van der Waals surface area (Å²) in [5.41, 5.74) is 19.0. The Labute approximate surface area is 498 Å². The third-order valence-corrected chi connectivity index (χ3v) is 22.9. The highest BCUT2D eigenvalue weighted by molar-refractivity contribution is 5.83. The molecule has 10 aromatic rings. The zero-order chi connectivity index (χ0) is 56.2. The first-order valence-corrected chi connectivity index (χ1v) is 30.9. The molecule has 0 aliphatic heterocycles. The Bertz CT molecular complexity index is 3820. The van der Waals surface area contributed by atoms with Crippen LogP contribution in [0.25, 0.3) is 44.5 Å². The van der Waals surface area contributed by atoms with Crippen molar-refractivity contribution in [3.05, 3.63) is 311 Å². The highest BCUT2D eigenvalue weighted by Crippen LogP contribution is 2.86. The van der Waals surface area contributed by atoms with Gasteiger partial charge in [-0.25, -0.2) is 0 Å². The molecular formula is C84H70. The third-order valence-electron chi connectivity index (χ3n) is 22.9. The van der Waals surface area contributed by atoms with Crippen molar-refractivity contribution in [1.29, 1.82) is 0 Å². The summed E-state index contributed by atoms with van der Waals surface area (Å²) < 4.78 is 0. The molecule has 406 valence electrons. The van der Waals surface area contributed by atoms with Gasteiger partial charge >= 0.3 is 0 Å². The number of rotatable bonds is 11. The zero-order valence-corrected chi connectivity index (χ0v) is 48.0. The summed E-state index contributed by atoms with van der Waals surface area (Å²) in [6.07, 6.45) is 27.5. The molecule has 8 aliphatic carbocycles. The largest absolute Gasteiger partial charge is 0.115 e. The van der Waals surface area contributed by atoms with Crippen molar-refractivity contribution in [3.8, 4) is 69.2 Å². The Morgan fingerprint density at radius 3 is 0.714 bits per heavy atom. The van der Waals surface area contributed by atoms with E-state index in [0.29, 0.717) is 0 Å². The first-order valence-electron chi connectivity index (χ1n) is 30.9. The molecule has 0 amide bonds. The summed E-state index contributed by atoms with van der Waals surface area (Å²) >= 11 is 0. The summed E-state index contributed by atoms with van der Waals surface area (Å²) in [6, 6.07) is 102. The molecule has 0 nitrogen and oxygen atoms in total.